The predicted octanol–water partition coefficient (Wildman–Crippen LogP) is 3.69. The summed E-state index contributed by atoms with van der Waals surface area (Å²) >= 11 is 0. The summed E-state index contributed by atoms with van der Waals surface area (Å²) in [5, 5.41) is 53.8. The van der Waals surface area contributed by atoms with Gasteiger partial charge in [0.15, 0.2) is 5.60 Å². The first-order chi connectivity index (χ1) is 24.1. The second kappa shape index (κ2) is 16.3. The second-order valence-electron chi connectivity index (χ2n) is 14.1. The maximum atomic E-state index is 13.6. The zero-order valence-corrected chi connectivity index (χ0v) is 31.2. The number of ketones is 2. The number of methoxy groups -OCH3 is 1. The molecule has 14 nitrogen and oxygen atoms in total. The number of aromatic hydroxyl groups is 1. The molecule has 0 radical (unpaired) electrons. The largest absolute Gasteiger partial charge is 0.516 e. The molecule has 1 amide bonds. The van der Waals surface area contributed by atoms with Gasteiger partial charge in [-0.15, -0.1) is 0 Å². The number of fused-ring (bicyclic) bond motifs is 3. The summed E-state index contributed by atoms with van der Waals surface area (Å²) in [6.07, 6.45) is 3.23. The summed E-state index contributed by atoms with van der Waals surface area (Å²) in [6.45, 7) is 14.1. The maximum absolute atomic E-state index is 13.6. The van der Waals surface area contributed by atoms with E-state index >= 15 is 0 Å². The highest BCUT2D eigenvalue weighted by Gasteiger charge is 2.48. The number of carbonyl (C=O) groups is 4. The standard InChI is InChI=1S/C38H51N3O11/c1-16(30(44)19(4)31(45)20(5)34(51-22(7)43)18(3)23(50-10)14-15-42)12-11-13-17(2)37(49)41-29-28(40)27(39)24-25(33(29)47)32(46)21(6)35-26(24)36(48)38(8,9)52-35/h11-16,18-20,23,30-31,34,39,42,44-46H,40H2,1-10H3,(H,41,49)/b12-11+,15-14+,17-13-,39-27?/t16-,18+,19+,20+,23-,30-,31+,34+/m0/s1. The van der Waals surface area contributed by atoms with E-state index in [-0.39, 0.29) is 39.3 Å². The molecule has 8 atom stereocenters. The van der Waals surface area contributed by atoms with Crippen molar-refractivity contribution in [3.63, 3.8) is 0 Å². The quantitative estimate of drug-likeness (QED) is 0.0629. The van der Waals surface area contributed by atoms with Crippen LogP contribution in [0.5, 0.6) is 11.5 Å². The Hall–Kier alpha value is -4.79. The van der Waals surface area contributed by atoms with Crippen LogP contribution in [-0.4, -0.2) is 86.7 Å². The molecule has 0 fully saturated rings. The maximum Gasteiger partial charge on any atom is 0.302 e. The van der Waals surface area contributed by atoms with Crippen LogP contribution in [0.3, 0.4) is 0 Å². The normalized spacial score (nSPS) is 20.5. The lowest BCUT2D eigenvalue weighted by Gasteiger charge is -2.37. The fourth-order valence-corrected chi connectivity index (χ4v) is 6.64. The van der Waals surface area contributed by atoms with Crippen molar-refractivity contribution < 1.29 is 53.8 Å². The van der Waals surface area contributed by atoms with Crippen LogP contribution in [-0.2, 0) is 19.1 Å². The molecule has 1 aliphatic heterocycles. The van der Waals surface area contributed by atoms with E-state index in [2.05, 4.69) is 5.32 Å². The van der Waals surface area contributed by atoms with Gasteiger partial charge in [-0.2, -0.15) is 0 Å². The Morgan fingerprint density at radius 2 is 1.60 bits per heavy atom. The first-order valence-electron chi connectivity index (χ1n) is 16.9. The lowest BCUT2D eigenvalue weighted by atomic mass is 9.78. The lowest BCUT2D eigenvalue weighted by Crippen LogP contribution is -2.46. The minimum absolute atomic E-state index is 0.0234. The first kappa shape index (κ1) is 41.6. The fourth-order valence-electron chi connectivity index (χ4n) is 6.64. The van der Waals surface area contributed by atoms with Crippen LogP contribution in [0.1, 0.15) is 87.2 Å². The number of nitrogens with one attached hydrogen (secondary N) is 2. The number of aliphatic hydroxyl groups excluding tert-OH is 3. The molecule has 0 aromatic heterocycles. The van der Waals surface area contributed by atoms with Crippen molar-refractivity contribution in [2.75, 3.05) is 7.11 Å². The summed E-state index contributed by atoms with van der Waals surface area (Å²) in [6, 6.07) is 0. The van der Waals surface area contributed by atoms with Gasteiger partial charge in [0.1, 0.15) is 23.3 Å². The lowest BCUT2D eigenvalue weighted by molar-refractivity contribution is -0.160. The average Bonchev–Trinajstić information content (AvgIpc) is 3.34. The molecule has 14 heteroatoms. The van der Waals surface area contributed by atoms with E-state index < -0.39 is 94.3 Å². The molecular formula is C38H51N3O11. The molecule has 1 aromatic carbocycles. The molecule has 1 heterocycles. The van der Waals surface area contributed by atoms with E-state index in [4.69, 9.17) is 25.4 Å². The van der Waals surface area contributed by atoms with E-state index in [1.807, 2.05) is 0 Å². The summed E-state index contributed by atoms with van der Waals surface area (Å²) < 4.78 is 16.7. The molecule has 0 saturated carbocycles. The molecular weight excluding hydrogens is 674 g/mol. The molecule has 0 saturated heterocycles. The van der Waals surface area contributed by atoms with Crippen LogP contribution in [0.2, 0.25) is 0 Å². The Balaban J connectivity index is 1.76. The van der Waals surface area contributed by atoms with Gasteiger partial charge in [-0.1, -0.05) is 45.9 Å². The highest BCUT2D eigenvalue weighted by atomic mass is 16.5. The van der Waals surface area contributed by atoms with Crippen molar-refractivity contribution in [1.29, 1.82) is 5.41 Å². The van der Waals surface area contributed by atoms with Gasteiger partial charge >= 0.3 is 5.97 Å². The number of rotatable bonds is 14. The molecule has 1 aromatic rings. The van der Waals surface area contributed by atoms with Crippen LogP contribution in [0.25, 0.3) is 0 Å². The van der Waals surface area contributed by atoms with Gasteiger partial charge in [-0.25, -0.2) is 0 Å². The SMILES string of the molecule is CO[C@@H](/C=C/O)[C@@H](C)[C@@H](OC(C)=O)[C@H](C)[C@H](O)[C@H](C)[C@@H](O)[C@@H](C)/C=C/C=C(/C)C(=O)NC1=C(N)C(=N)c2c(c(O)c(C)c3c2C(=O)C(C)(C)O3)C1=O. The molecule has 8 N–H and O–H groups in total. The van der Waals surface area contributed by atoms with Gasteiger partial charge in [0.05, 0.1) is 47.1 Å². The van der Waals surface area contributed by atoms with Crippen LogP contribution < -0.4 is 15.8 Å². The minimum atomic E-state index is -1.29. The average molecular weight is 726 g/mol. The highest BCUT2D eigenvalue weighted by molar-refractivity contribution is 6.33. The molecule has 2 aliphatic rings. The Kier molecular flexibility index (Phi) is 13.0. The zero-order chi connectivity index (χ0) is 39.6. The third-order valence-corrected chi connectivity index (χ3v) is 9.95. The van der Waals surface area contributed by atoms with Crippen LogP contribution >= 0.6 is 0 Å². The number of nitrogens with two attached hydrogens (primary N) is 1. The molecule has 52 heavy (non-hydrogen) atoms. The minimum Gasteiger partial charge on any atom is -0.516 e. The monoisotopic (exact) mass is 725 g/mol. The summed E-state index contributed by atoms with van der Waals surface area (Å²) in [5.41, 5.74) is 3.42. The zero-order valence-electron chi connectivity index (χ0n) is 31.2. The molecule has 0 bridgehead atoms. The van der Waals surface area contributed by atoms with Gasteiger partial charge < -0.3 is 45.7 Å². The number of phenolic OH excluding ortho intramolecular Hbond substituents is 1. The first-order valence-corrected chi connectivity index (χ1v) is 16.9. The van der Waals surface area contributed by atoms with E-state index in [1.54, 1.807) is 33.8 Å². The van der Waals surface area contributed by atoms with Crippen molar-refractivity contribution in [3.05, 3.63) is 69.8 Å². The van der Waals surface area contributed by atoms with Gasteiger partial charge in [0.2, 0.25) is 11.6 Å². The number of benzene rings is 1. The number of phenols is 1. The smallest absolute Gasteiger partial charge is 0.302 e. The van der Waals surface area contributed by atoms with Gasteiger partial charge in [0, 0.05) is 54.4 Å². The molecule has 1 aliphatic carbocycles. The fraction of sp³-hybridized carbons (Fsp3) is 0.500. The van der Waals surface area contributed by atoms with Gasteiger partial charge in [-0.3, -0.25) is 24.6 Å². The van der Waals surface area contributed by atoms with Crippen LogP contribution in [0.4, 0.5) is 0 Å². The third kappa shape index (κ3) is 7.98. The Bertz CT molecular complexity index is 1760. The van der Waals surface area contributed by atoms with E-state index in [1.165, 1.54) is 60.0 Å². The number of carbonyl (C=O) groups excluding carboxylic acids is 4. The number of ether oxygens (including phenoxy) is 3. The van der Waals surface area contributed by atoms with Gasteiger partial charge in [-0.05, 0) is 33.8 Å². The number of hydrogen-bond donors (Lipinski definition) is 7. The highest BCUT2D eigenvalue weighted by Crippen LogP contribution is 2.47. The molecule has 0 spiro atoms. The Morgan fingerprint density at radius 1 is 0.981 bits per heavy atom. The summed E-state index contributed by atoms with van der Waals surface area (Å²) in [5.74, 6) is -5.36. The van der Waals surface area contributed by atoms with Crippen molar-refractivity contribution in [2.24, 2.45) is 29.4 Å². The van der Waals surface area contributed by atoms with Gasteiger partial charge in [0.25, 0.3) is 5.91 Å². The third-order valence-electron chi connectivity index (χ3n) is 9.95. The molecule has 3 rings (SSSR count). The number of amides is 1. The van der Waals surface area contributed by atoms with Crippen LogP contribution in [0.15, 0.2) is 47.5 Å². The number of aliphatic hydroxyl groups is 3. The van der Waals surface area contributed by atoms with E-state index in [0.717, 1.165) is 6.26 Å². The Labute approximate surface area is 303 Å². The molecule has 0 unspecified atom stereocenters. The van der Waals surface area contributed by atoms with Crippen molar-refractivity contribution in [2.45, 2.75) is 92.3 Å². The predicted molar refractivity (Wildman–Crippen MR) is 192 cm³/mol. The Morgan fingerprint density at radius 3 is 2.15 bits per heavy atom. The number of hydrogen-bond acceptors (Lipinski definition) is 13. The van der Waals surface area contributed by atoms with E-state index in [0.29, 0.717) is 0 Å². The molecule has 284 valence electrons. The summed E-state index contributed by atoms with van der Waals surface area (Å²) in [7, 11) is 1.44. The van der Waals surface area contributed by atoms with E-state index in [9.17, 15) is 39.6 Å². The summed E-state index contributed by atoms with van der Waals surface area (Å²) in [4.78, 5) is 51.9. The second-order valence-corrected chi connectivity index (χ2v) is 14.1. The van der Waals surface area contributed by atoms with Crippen molar-refractivity contribution in [3.8, 4) is 11.5 Å². The topological polar surface area (TPSA) is 239 Å². The number of Topliss-reactive ketones (excluding diaryl/α,β-unsaturated/α-hetero) is 2. The number of allylic oxidation sites excluding steroid dienone is 4. The van der Waals surface area contributed by atoms with Crippen molar-refractivity contribution in [1.82, 2.24) is 5.32 Å². The van der Waals surface area contributed by atoms with Crippen LogP contribution in [0, 0.1) is 36.0 Å². The number of esters is 1. The van der Waals surface area contributed by atoms with Crippen molar-refractivity contribution >= 4 is 29.2 Å².